The zero-order chi connectivity index (χ0) is 22.9. The Morgan fingerprint density at radius 1 is 1.33 bits per heavy atom. The van der Waals surface area contributed by atoms with Crippen molar-refractivity contribution >= 4 is 39.2 Å². The fourth-order valence-electron chi connectivity index (χ4n) is 4.09. The van der Waals surface area contributed by atoms with E-state index in [1.54, 1.807) is 36.6 Å². The summed E-state index contributed by atoms with van der Waals surface area (Å²) < 4.78 is 21.3. The number of thioether (sulfide) groups is 1. The normalized spacial score (nSPS) is 15.5. The number of furan rings is 1. The van der Waals surface area contributed by atoms with Gasteiger partial charge in [0.2, 0.25) is 5.91 Å². The van der Waals surface area contributed by atoms with E-state index in [-0.39, 0.29) is 29.5 Å². The zero-order valence-electron chi connectivity index (χ0n) is 18.0. The third-order valence-corrected chi connectivity index (χ3v) is 7.85. The van der Waals surface area contributed by atoms with Crippen LogP contribution in [0.15, 0.2) is 57.0 Å². The molecule has 170 valence electrons. The Hall–Kier alpha value is -2.91. The smallest absolute Gasteiger partial charge is 0.267 e. The lowest BCUT2D eigenvalue weighted by Gasteiger charge is -2.18. The molecule has 4 aromatic rings. The van der Waals surface area contributed by atoms with Crippen LogP contribution in [0.1, 0.15) is 29.5 Å². The number of aromatic nitrogens is 2. The van der Waals surface area contributed by atoms with Crippen molar-refractivity contribution in [2.24, 2.45) is 5.92 Å². The number of nitrogens with one attached hydrogen (secondary N) is 1. The largest absolute Gasteiger partial charge is 0.467 e. The van der Waals surface area contributed by atoms with Gasteiger partial charge in [-0.15, -0.1) is 11.3 Å². The molecule has 1 N–H and O–H groups in total. The number of amides is 1. The summed E-state index contributed by atoms with van der Waals surface area (Å²) in [5, 5.41) is 3.67. The number of benzene rings is 1. The van der Waals surface area contributed by atoms with Crippen LogP contribution in [0.2, 0.25) is 0 Å². The van der Waals surface area contributed by atoms with Crippen LogP contribution in [0.4, 0.5) is 4.39 Å². The standard InChI is InChI=1S/C24H22FN3O3S2/c1-14-8-9-16-19(11-14)33-22-21(16)23(30)28(18-7-3-2-6-17(18)25)24(27-22)32-13-20(29)26-12-15-5-4-10-31-15/h2-7,10,14H,8-9,11-13H2,1H3,(H,26,29). The van der Waals surface area contributed by atoms with E-state index in [0.29, 0.717) is 27.1 Å². The molecular weight excluding hydrogens is 461 g/mol. The molecule has 0 saturated heterocycles. The number of halogens is 1. The molecule has 3 heterocycles. The summed E-state index contributed by atoms with van der Waals surface area (Å²) >= 11 is 2.66. The van der Waals surface area contributed by atoms with Crippen molar-refractivity contribution in [1.29, 1.82) is 0 Å². The second-order valence-electron chi connectivity index (χ2n) is 8.16. The molecule has 1 aromatic carbocycles. The SMILES string of the molecule is CC1CCc2c(sc3nc(SCC(=O)NCc4ccco4)n(-c4ccccc4F)c(=O)c23)C1. The van der Waals surface area contributed by atoms with Gasteiger partial charge in [0, 0.05) is 4.88 Å². The molecule has 1 aliphatic carbocycles. The fraction of sp³-hybridized carbons (Fsp3) is 0.292. The number of thiophene rings is 1. The summed E-state index contributed by atoms with van der Waals surface area (Å²) in [5.74, 6) is 0.503. The van der Waals surface area contributed by atoms with Crippen molar-refractivity contribution in [3.8, 4) is 5.69 Å². The topological polar surface area (TPSA) is 77.1 Å². The van der Waals surface area contributed by atoms with Gasteiger partial charge in [-0.2, -0.15) is 0 Å². The minimum absolute atomic E-state index is 0.0369. The Labute approximate surface area is 197 Å². The minimum atomic E-state index is -0.511. The van der Waals surface area contributed by atoms with Crippen LogP contribution in [0.5, 0.6) is 0 Å². The van der Waals surface area contributed by atoms with Crippen LogP contribution < -0.4 is 10.9 Å². The van der Waals surface area contributed by atoms with Gasteiger partial charge in [0.25, 0.3) is 5.56 Å². The van der Waals surface area contributed by atoms with Gasteiger partial charge < -0.3 is 9.73 Å². The van der Waals surface area contributed by atoms with Crippen LogP contribution in [-0.4, -0.2) is 21.2 Å². The molecule has 0 aliphatic heterocycles. The monoisotopic (exact) mass is 483 g/mol. The summed E-state index contributed by atoms with van der Waals surface area (Å²) in [6.45, 7) is 2.48. The second-order valence-corrected chi connectivity index (χ2v) is 10.2. The highest BCUT2D eigenvalue weighted by Gasteiger charge is 2.26. The number of fused-ring (bicyclic) bond motifs is 3. The van der Waals surface area contributed by atoms with Crippen LogP contribution in [-0.2, 0) is 24.2 Å². The molecule has 33 heavy (non-hydrogen) atoms. The maximum absolute atomic E-state index is 14.7. The Bertz CT molecular complexity index is 1380. The summed E-state index contributed by atoms with van der Waals surface area (Å²) in [5.41, 5.74) is 0.901. The van der Waals surface area contributed by atoms with E-state index in [0.717, 1.165) is 36.6 Å². The number of aryl methyl sites for hydroxylation is 1. The molecule has 0 saturated carbocycles. The summed E-state index contributed by atoms with van der Waals surface area (Å²) in [6.07, 6.45) is 4.31. The molecule has 6 nitrogen and oxygen atoms in total. The van der Waals surface area contributed by atoms with Gasteiger partial charge in [-0.3, -0.25) is 14.2 Å². The van der Waals surface area contributed by atoms with Gasteiger partial charge in [0.15, 0.2) is 5.16 Å². The molecule has 0 bridgehead atoms. The summed E-state index contributed by atoms with van der Waals surface area (Å²) in [4.78, 5) is 32.7. The fourth-order valence-corrected chi connectivity index (χ4v) is 6.35. The lowest BCUT2D eigenvalue weighted by atomic mass is 9.89. The Balaban J connectivity index is 1.52. The number of hydrogen-bond donors (Lipinski definition) is 1. The first-order valence-corrected chi connectivity index (χ1v) is 12.6. The number of hydrogen-bond acceptors (Lipinski definition) is 6. The average Bonchev–Trinajstić information content (AvgIpc) is 3.44. The molecule has 1 amide bonds. The molecule has 0 fully saturated rings. The van der Waals surface area contributed by atoms with Crippen molar-refractivity contribution in [3.63, 3.8) is 0 Å². The van der Waals surface area contributed by atoms with E-state index >= 15 is 0 Å². The third-order valence-electron chi connectivity index (χ3n) is 5.76. The number of nitrogens with zero attached hydrogens (tertiary/aromatic N) is 2. The predicted molar refractivity (Wildman–Crippen MR) is 128 cm³/mol. The van der Waals surface area contributed by atoms with E-state index in [1.165, 1.54) is 26.8 Å². The molecule has 1 aliphatic rings. The Morgan fingerprint density at radius 3 is 2.97 bits per heavy atom. The summed E-state index contributed by atoms with van der Waals surface area (Å²) in [6, 6.07) is 9.68. The molecule has 5 rings (SSSR count). The van der Waals surface area contributed by atoms with Gasteiger partial charge in [-0.25, -0.2) is 9.37 Å². The van der Waals surface area contributed by atoms with Crippen molar-refractivity contribution < 1.29 is 13.6 Å². The van der Waals surface area contributed by atoms with E-state index in [1.807, 2.05) is 0 Å². The van der Waals surface area contributed by atoms with Crippen LogP contribution in [0, 0.1) is 11.7 Å². The third kappa shape index (κ3) is 4.35. The van der Waals surface area contributed by atoms with E-state index in [9.17, 15) is 14.0 Å². The molecule has 9 heteroatoms. The number of carbonyl (C=O) groups excluding carboxylic acids is 1. The van der Waals surface area contributed by atoms with Gasteiger partial charge in [-0.1, -0.05) is 30.8 Å². The lowest BCUT2D eigenvalue weighted by molar-refractivity contribution is -0.118. The first-order chi connectivity index (χ1) is 16.0. The second kappa shape index (κ2) is 9.15. The van der Waals surface area contributed by atoms with Gasteiger partial charge >= 0.3 is 0 Å². The first-order valence-electron chi connectivity index (χ1n) is 10.8. The van der Waals surface area contributed by atoms with Crippen LogP contribution >= 0.6 is 23.1 Å². The number of para-hydroxylation sites is 1. The number of carbonyl (C=O) groups is 1. The van der Waals surface area contributed by atoms with Crippen molar-refractivity contribution in [3.05, 3.63) is 75.0 Å². The van der Waals surface area contributed by atoms with E-state index < -0.39 is 5.82 Å². The average molecular weight is 484 g/mol. The first kappa shape index (κ1) is 21.9. The molecule has 0 spiro atoms. The highest BCUT2D eigenvalue weighted by atomic mass is 32.2. The van der Waals surface area contributed by atoms with Crippen molar-refractivity contribution in [2.75, 3.05) is 5.75 Å². The van der Waals surface area contributed by atoms with E-state index in [2.05, 4.69) is 12.2 Å². The lowest BCUT2D eigenvalue weighted by Crippen LogP contribution is -2.26. The number of rotatable bonds is 6. The van der Waals surface area contributed by atoms with Gasteiger partial charge in [-0.05, 0) is 55.0 Å². The molecule has 1 unspecified atom stereocenters. The zero-order valence-corrected chi connectivity index (χ0v) is 19.6. The minimum Gasteiger partial charge on any atom is -0.467 e. The molecule has 3 aromatic heterocycles. The highest BCUT2D eigenvalue weighted by molar-refractivity contribution is 7.99. The predicted octanol–water partition coefficient (Wildman–Crippen LogP) is 4.71. The molecule has 1 atom stereocenters. The Kier molecular flexibility index (Phi) is 6.07. The highest BCUT2D eigenvalue weighted by Crippen LogP contribution is 2.37. The van der Waals surface area contributed by atoms with Crippen molar-refractivity contribution in [1.82, 2.24) is 14.9 Å². The van der Waals surface area contributed by atoms with Gasteiger partial charge in [0.05, 0.1) is 29.6 Å². The molecule has 0 radical (unpaired) electrons. The van der Waals surface area contributed by atoms with Crippen LogP contribution in [0.3, 0.4) is 0 Å². The van der Waals surface area contributed by atoms with E-state index in [4.69, 9.17) is 9.40 Å². The Morgan fingerprint density at radius 2 is 2.18 bits per heavy atom. The van der Waals surface area contributed by atoms with Crippen LogP contribution in [0.25, 0.3) is 15.9 Å². The maximum atomic E-state index is 14.7. The molecular formula is C24H22FN3O3S2. The quantitative estimate of drug-likeness (QED) is 0.317. The summed E-state index contributed by atoms with van der Waals surface area (Å²) in [7, 11) is 0. The van der Waals surface area contributed by atoms with Crippen molar-refractivity contribution in [2.45, 2.75) is 37.9 Å². The maximum Gasteiger partial charge on any atom is 0.267 e. The van der Waals surface area contributed by atoms with Gasteiger partial charge in [0.1, 0.15) is 16.4 Å².